The van der Waals surface area contributed by atoms with Gasteiger partial charge in [-0.3, -0.25) is 4.90 Å². The third-order valence-electron chi connectivity index (χ3n) is 4.46. The number of hydrogen-bond acceptors (Lipinski definition) is 4. The molecule has 0 amide bonds. The zero-order valence-corrected chi connectivity index (χ0v) is 13.0. The van der Waals surface area contributed by atoms with Crippen molar-refractivity contribution in [3.05, 3.63) is 30.1 Å². The van der Waals surface area contributed by atoms with Crippen LogP contribution >= 0.6 is 0 Å². The molecule has 0 saturated carbocycles. The fourth-order valence-corrected chi connectivity index (χ4v) is 3.31. The molecular weight excluding hydrogens is 262 g/mol. The van der Waals surface area contributed by atoms with Crippen LogP contribution in [0.15, 0.2) is 24.4 Å². The van der Waals surface area contributed by atoms with Gasteiger partial charge in [-0.2, -0.15) is 0 Å². The maximum atomic E-state index is 5.81. The minimum Gasteiger partial charge on any atom is -0.352 e. The van der Waals surface area contributed by atoms with Gasteiger partial charge in [0.25, 0.3) is 0 Å². The molecule has 0 radical (unpaired) electrons. The van der Waals surface area contributed by atoms with E-state index in [0.29, 0.717) is 12.6 Å². The van der Waals surface area contributed by atoms with Gasteiger partial charge < -0.3 is 15.0 Å². The molecule has 0 bridgehead atoms. The summed E-state index contributed by atoms with van der Waals surface area (Å²) < 4.78 is 2.18. The highest BCUT2D eigenvalue weighted by Crippen LogP contribution is 2.24. The number of nitrogens with zero attached hydrogens (tertiary/aromatic N) is 4. The van der Waals surface area contributed by atoms with Crippen LogP contribution in [0, 0.1) is 0 Å². The highest BCUT2D eigenvalue weighted by molar-refractivity contribution is 5.56. The number of fused-ring (bicyclic) bond motifs is 1. The van der Waals surface area contributed by atoms with Crippen LogP contribution in [-0.2, 0) is 6.42 Å². The smallest absolute Gasteiger partial charge is 0.151 e. The van der Waals surface area contributed by atoms with Gasteiger partial charge in [-0.25, -0.2) is 4.98 Å². The highest BCUT2D eigenvalue weighted by atomic mass is 15.3. The van der Waals surface area contributed by atoms with E-state index in [2.05, 4.69) is 46.4 Å². The summed E-state index contributed by atoms with van der Waals surface area (Å²) in [5.74, 6) is 1.12. The number of aromatic nitrogens is 2. The number of rotatable bonds is 4. The second-order valence-electron chi connectivity index (χ2n) is 5.77. The summed E-state index contributed by atoms with van der Waals surface area (Å²) in [6.07, 6.45) is 2.95. The molecule has 2 aromatic heterocycles. The minimum atomic E-state index is 0.569. The lowest BCUT2D eigenvalue weighted by molar-refractivity contribution is 0.199. The van der Waals surface area contributed by atoms with Gasteiger partial charge >= 0.3 is 0 Å². The molecule has 5 heteroatoms. The van der Waals surface area contributed by atoms with Gasteiger partial charge in [-0.15, -0.1) is 0 Å². The van der Waals surface area contributed by atoms with Crippen molar-refractivity contribution < 1.29 is 0 Å². The summed E-state index contributed by atoms with van der Waals surface area (Å²) in [4.78, 5) is 9.80. The van der Waals surface area contributed by atoms with Crippen LogP contribution in [0.5, 0.6) is 0 Å². The first-order valence-corrected chi connectivity index (χ1v) is 7.89. The summed E-state index contributed by atoms with van der Waals surface area (Å²) in [5.41, 5.74) is 8.07. The number of pyridine rings is 1. The maximum Gasteiger partial charge on any atom is 0.151 e. The van der Waals surface area contributed by atoms with Gasteiger partial charge in [-0.1, -0.05) is 13.0 Å². The molecule has 1 aliphatic rings. The lowest BCUT2D eigenvalue weighted by atomic mass is 10.2. The van der Waals surface area contributed by atoms with Crippen LogP contribution in [0.25, 0.3) is 5.65 Å². The average molecular weight is 287 g/mol. The van der Waals surface area contributed by atoms with Gasteiger partial charge in [0, 0.05) is 38.3 Å². The Morgan fingerprint density at radius 3 is 2.90 bits per heavy atom. The summed E-state index contributed by atoms with van der Waals surface area (Å²) in [7, 11) is 0. The summed E-state index contributed by atoms with van der Waals surface area (Å²) in [6.45, 7) is 9.49. The molecule has 1 saturated heterocycles. The van der Waals surface area contributed by atoms with E-state index in [1.54, 1.807) is 0 Å². The van der Waals surface area contributed by atoms with Crippen molar-refractivity contribution in [2.45, 2.75) is 26.3 Å². The van der Waals surface area contributed by atoms with Crippen molar-refractivity contribution in [3.8, 4) is 0 Å². The number of imidazole rings is 1. The summed E-state index contributed by atoms with van der Waals surface area (Å²) in [6, 6.07) is 6.72. The molecular formula is C16H25N5. The van der Waals surface area contributed by atoms with Crippen LogP contribution in [-0.4, -0.2) is 53.1 Å². The van der Waals surface area contributed by atoms with Crippen LogP contribution in [0.2, 0.25) is 0 Å². The second-order valence-corrected chi connectivity index (χ2v) is 5.77. The second kappa shape index (κ2) is 6.03. The fraction of sp³-hybridized carbons (Fsp3) is 0.562. The average Bonchev–Trinajstić information content (AvgIpc) is 2.87. The Balaban J connectivity index is 1.94. The topological polar surface area (TPSA) is 49.8 Å². The monoisotopic (exact) mass is 287 g/mol. The molecule has 0 aromatic carbocycles. The largest absolute Gasteiger partial charge is 0.352 e. The molecule has 2 N–H and O–H groups in total. The molecule has 21 heavy (non-hydrogen) atoms. The first-order chi connectivity index (χ1) is 10.2. The Morgan fingerprint density at radius 2 is 2.19 bits per heavy atom. The lowest BCUT2D eigenvalue weighted by Gasteiger charge is -2.39. The van der Waals surface area contributed by atoms with Crippen molar-refractivity contribution in [2.75, 3.05) is 37.6 Å². The molecule has 2 aromatic rings. The predicted molar refractivity (Wildman–Crippen MR) is 86.9 cm³/mol. The van der Waals surface area contributed by atoms with Crippen LogP contribution in [0.3, 0.4) is 0 Å². The molecule has 114 valence electrons. The van der Waals surface area contributed by atoms with Gasteiger partial charge in [0.1, 0.15) is 5.65 Å². The van der Waals surface area contributed by atoms with Crippen LogP contribution in [0.1, 0.15) is 19.5 Å². The SMILES string of the molecule is CCN1CCN(c2nc3ccccn3c2CCN)CC1C. The fourth-order valence-electron chi connectivity index (χ4n) is 3.31. The summed E-state index contributed by atoms with van der Waals surface area (Å²) in [5, 5.41) is 0. The van der Waals surface area contributed by atoms with Crippen molar-refractivity contribution in [3.63, 3.8) is 0 Å². The molecule has 0 aliphatic carbocycles. The predicted octanol–water partition coefficient (Wildman–Crippen LogP) is 1.37. The van der Waals surface area contributed by atoms with Crippen molar-refractivity contribution >= 4 is 11.5 Å². The van der Waals surface area contributed by atoms with Gasteiger partial charge in [0.2, 0.25) is 0 Å². The van der Waals surface area contributed by atoms with E-state index in [4.69, 9.17) is 10.7 Å². The number of anilines is 1. The number of piperazine rings is 1. The van der Waals surface area contributed by atoms with Gasteiger partial charge in [0.15, 0.2) is 5.82 Å². The van der Waals surface area contributed by atoms with Crippen molar-refractivity contribution in [1.29, 1.82) is 0 Å². The van der Waals surface area contributed by atoms with Crippen molar-refractivity contribution in [1.82, 2.24) is 14.3 Å². The van der Waals surface area contributed by atoms with Gasteiger partial charge in [-0.05, 0) is 32.1 Å². The molecule has 1 fully saturated rings. The van der Waals surface area contributed by atoms with E-state index >= 15 is 0 Å². The number of likely N-dealkylation sites (N-methyl/N-ethyl adjacent to an activating group) is 1. The molecule has 3 heterocycles. The molecule has 1 unspecified atom stereocenters. The zero-order valence-electron chi connectivity index (χ0n) is 13.0. The normalized spacial score (nSPS) is 20.3. The van der Waals surface area contributed by atoms with Crippen LogP contribution < -0.4 is 10.6 Å². The number of nitrogens with two attached hydrogens (primary N) is 1. The van der Waals surface area contributed by atoms with E-state index in [1.165, 1.54) is 5.69 Å². The maximum absolute atomic E-state index is 5.81. The van der Waals surface area contributed by atoms with E-state index in [0.717, 1.165) is 44.1 Å². The Labute approximate surface area is 126 Å². The van der Waals surface area contributed by atoms with E-state index < -0.39 is 0 Å². The van der Waals surface area contributed by atoms with Gasteiger partial charge in [0.05, 0.1) is 5.69 Å². The molecule has 0 spiro atoms. The molecule has 5 nitrogen and oxygen atoms in total. The first kappa shape index (κ1) is 14.4. The molecule has 1 aliphatic heterocycles. The van der Waals surface area contributed by atoms with Crippen LogP contribution in [0.4, 0.5) is 5.82 Å². The molecule has 3 rings (SSSR count). The zero-order chi connectivity index (χ0) is 14.8. The van der Waals surface area contributed by atoms with E-state index in [1.807, 2.05) is 6.07 Å². The quantitative estimate of drug-likeness (QED) is 0.922. The van der Waals surface area contributed by atoms with E-state index in [9.17, 15) is 0 Å². The first-order valence-electron chi connectivity index (χ1n) is 7.89. The Kier molecular flexibility index (Phi) is 4.12. The van der Waals surface area contributed by atoms with E-state index in [-0.39, 0.29) is 0 Å². The third kappa shape index (κ3) is 2.63. The minimum absolute atomic E-state index is 0.569. The standard InChI is InChI=1S/C16H25N5/c1-3-19-10-11-20(12-13(19)2)16-14(7-8-17)21-9-5-4-6-15(21)18-16/h4-6,9,13H,3,7-8,10-12,17H2,1-2H3. The van der Waals surface area contributed by atoms with Crippen molar-refractivity contribution in [2.24, 2.45) is 5.73 Å². The molecule has 1 atom stereocenters. The lowest BCUT2D eigenvalue weighted by Crippen LogP contribution is -2.52. The third-order valence-corrected chi connectivity index (χ3v) is 4.46. The summed E-state index contributed by atoms with van der Waals surface area (Å²) >= 11 is 0. The highest BCUT2D eigenvalue weighted by Gasteiger charge is 2.26. The Morgan fingerprint density at radius 1 is 1.33 bits per heavy atom. The number of hydrogen-bond donors (Lipinski definition) is 1. The Bertz CT molecular complexity index is 606. The Hall–Kier alpha value is -1.59.